The Bertz CT molecular complexity index is 675. The Balaban J connectivity index is 0.000000511. The molecular formula is C20H29FN2O2. The van der Waals surface area contributed by atoms with Crippen LogP contribution in [0.15, 0.2) is 24.4 Å². The van der Waals surface area contributed by atoms with Gasteiger partial charge in [-0.1, -0.05) is 33.6 Å². The molecule has 2 aromatic rings. The second-order valence-corrected chi connectivity index (χ2v) is 6.47. The van der Waals surface area contributed by atoms with Gasteiger partial charge in [-0.2, -0.15) is 0 Å². The standard InChI is InChI=1S/C16H19FN2O2.C4H10/c1-2-5-21-13-9-19(10-13)16(20)6-11-8-18-15-7-12(17)3-4-14(11)15;1-3-4-2/h3-4,7-8,13,18H,2,5-6,9-10H2,1H3;3-4H2,1-2H3. The van der Waals surface area contributed by atoms with E-state index in [1.807, 2.05) is 4.90 Å². The molecule has 0 bridgehead atoms. The van der Waals surface area contributed by atoms with Crippen LogP contribution >= 0.6 is 0 Å². The third-order valence-corrected chi connectivity index (χ3v) is 4.33. The molecule has 1 aliphatic rings. The fraction of sp³-hybridized carbons (Fsp3) is 0.550. The predicted octanol–water partition coefficient (Wildman–Crippen LogP) is 4.29. The van der Waals surface area contributed by atoms with Crippen molar-refractivity contribution in [2.75, 3.05) is 19.7 Å². The van der Waals surface area contributed by atoms with Crippen LogP contribution in [0.25, 0.3) is 10.9 Å². The van der Waals surface area contributed by atoms with Gasteiger partial charge in [0.25, 0.3) is 0 Å². The van der Waals surface area contributed by atoms with Crippen molar-refractivity contribution in [3.63, 3.8) is 0 Å². The van der Waals surface area contributed by atoms with Gasteiger partial charge < -0.3 is 14.6 Å². The first-order valence-electron chi connectivity index (χ1n) is 9.23. The van der Waals surface area contributed by atoms with Gasteiger partial charge >= 0.3 is 0 Å². The highest BCUT2D eigenvalue weighted by molar-refractivity contribution is 5.89. The Morgan fingerprint density at radius 2 is 1.96 bits per heavy atom. The van der Waals surface area contributed by atoms with E-state index in [9.17, 15) is 9.18 Å². The van der Waals surface area contributed by atoms with Gasteiger partial charge in [-0.15, -0.1) is 0 Å². The Hall–Kier alpha value is -1.88. The molecule has 0 saturated carbocycles. The zero-order chi connectivity index (χ0) is 18.2. The van der Waals surface area contributed by atoms with E-state index < -0.39 is 0 Å². The van der Waals surface area contributed by atoms with E-state index in [4.69, 9.17) is 4.74 Å². The van der Waals surface area contributed by atoms with E-state index in [1.165, 1.54) is 25.0 Å². The number of carbonyl (C=O) groups excluding carboxylic acids is 1. The number of likely N-dealkylation sites (tertiary alicyclic amines) is 1. The summed E-state index contributed by atoms with van der Waals surface area (Å²) in [4.78, 5) is 17.0. The number of rotatable bonds is 6. The molecule has 1 fully saturated rings. The van der Waals surface area contributed by atoms with Crippen molar-refractivity contribution >= 4 is 16.8 Å². The van der Waals surface area contributed by atoms with Crippen molar-refractivity contribution in [1.82, 2.24) is 9.88 Å². The Morgan fingerprint density at radius 3 is 2.60 bits per heavy atom. The normalized spacial score (nSPS) is 14.2. The summed E-state index contributed by atoms with van der Waals surface area (Å²) < 4.78 is 18.7. The molecule has 5 heteroatoms. The second kappa shape index (κ2) is 9.56. The number of nitrogens with zero attached hydrogens (tertiary/aromatic N) is 1. The van der Waals surface area contributed by atoms with E-state index >= 15 is 0 Å². The zero-order valence-corrected chi connectivity index (χ0v) is 15.5. The van der Waals surface area contributed by atoms with Gasteiger partial charge in [-0.3, -0.25) is 4.79 Å². The van der Waals surface area contributed by atoms with Crippen LogP contribution in [0.3, 0.4) is 0 Å². The fourth-order valence-corrected chi connectivity index (χ4v) is 2.61. The number of carbonyl (C=O) groups is 1. The van der Waals surface area contributed by atoms with Crippen LogP contribution in [-0.4, -0.2) is 41.6 Å². The quantitative estimate of drug-likeness (QED) is 0.846. The molecule has 4 nitrogen and oxygen atoms in total. The molecule has 0 aliphatic carbocycles. The molecule has 1 aromatic carbocycles. The van der Waals surface area contributed by atoms with Gasteiger partial charge in [0.1, 0.15) is 5.82 Å². The first-order valence-corrected chi connectivity index (χ1v) is 9.23. The number of aromatic amines is 1. The van der Waals surface area contributed by atoms with E-state index in [2.05, 4.69) is 25.8 Å². The summed E-state index contributed by atoms with van der Waals surface area (Å²) >= 11 is 0. The van der Waals surface area contributed by atoms with Crippen LogP contribution in [0.2, 0.25) is 0 Å². The summed E-state index contributed by atoms with van der Waals surface area (Å²) in [6.45, 7) is 8.54. The maximum Gasteiger partial charge on any atom is 0.227 e. The third kappa shape index (κ3) is 5.30. The minimum atomic E-state index is -0.277. The number of nitrogens with one attached hydrogen (secondary N) is 1. The molecule has 1 aliphatic heterocycles. The molecule has 0 unspecified atom stereocenters. The lowest BCUT2D eigenvalue weighted by Crippen LogP contribution is -2.55. The van der Waals surface area contributed by atoms with Gasteiger partial charge in [0.05, 0.1) is 12.5 Å². The summed E-state index contributed by atoms with van der Waals surface area (Å²) in [6.07, 6.45) is 5.95. The number of hydrogen-bond acceptors (Lipinski definition) is 2. The molecule has 138 valence electrons. The van der Waals surface area contributed by atoms with E-state index in [0.29, 0.717) is 19.5 Å². The van der Waals surface area contributed by atoms with Crippen LogP contribution in [0.4, 0.5) is 4.39 Å². The smallest absolute Gasteiger partial charge is 0.227 e. The minimum Gasteiger partial charge on any atom is -0.375 e. The van der Waals surface area contributed by atoms with Crippen LogP contribution < -0.4 is 0 Å². The maximum atomic E-state index is 13.1. The number of unbranched alkanes of at least 4 members (excludes halogenated alkanes) is 1. The molecule has 0 radical (unpaired) electrons. The Kier molecular flexibility index (Phi) is 7.44. The van der Waals surface area contributed by atoms with E-state index in [0.717, 1.165) is 29.5 Å². The molecule has 25 heavy (non-hydrogen) atoms. The molecule has 1 saturated heterocycles. The number of fused-ring (bicyclic) bond motifs is 1. The van der Waals surface area contributed by atoms with Crippen LogP contribution in [0.5, 0.6) is 0 Å². The molecule has 2 heterocycles. The second-order valence-electron chi connectivity index (χ2n) is 6.47. The fourth-order valence-electron chi connectivity index (χ4n) is 2.61. The van der Waals surface area contributed by atoms with E-state index in [1.54, 1.807) is 12.3 Å². The van der Waals surface area contributed by atoms with Crippen LogP contribution in [-0.2, 0) is 16.0 Å². The number of ether oxygens (including phenoxy) is 1. The highest BCUT2D eigenvalue weighted by atomic mass is 19.1. The van der Waals surface area contributed by atoms with Gasteiger partial charge in [-0.05, 0) is 30.2 Å². The first-order chi connectivity index (χ1) is 12.1. The summed E-state index contributed by atoms with van der Waals surface area (Å²) in [6, 6.07) is 4.58. The molecule has 1 amide bonds. The number of halogens is 1. The summed E-state index contributed by atoms with van der Waals surface area (Å²) in [5.41, 5.74) is 1.64. The molecule has 0 atom stereocenters. The topological polar surface area (TPSA) is 45.3 Å². The monoisotopic (exact) mass is 348 g/mol. The van der Waals surface area contributed by atoms with Crippen molar-refractivity contribution in [2.24, 2.45) is 0 Å². The summed E-state index contributed by atoms with van der Waals surface area (Å²) in [5, 5.41) is 0.907. The van der Waals surface area contributed by atoms with Crippen molar-refractivity contribution in [2.45, 2.75) is 52.6 Å². The lowest BCUT2D eigenvalue weighted by atomic mass is 10.1. The average molecular weight is 348 g/mol. The highest BCUT2D eigenvalue weighted by Gasteiger charge is 2.31. The van der Waals surface area contributed by atoms with Crippen molar-refractivity contribution in [1.29, 1.82) is 0 Å². The maximum absolute atomic E-state index is 13.1. The number of hydrogen-bond donors (Lipinski definition) is 1. The van der Waals surface area contributed by atoms with Crippen molar-refractivity contribution < 1.29 is 13.9 Å². The van der Waals surface area contributed by atoms with Crippen molar-refractivity contribution in [3.05, 3.63) is 35.8 Å². The number of amides is 1. The largest absolute Gasteiger partial charge is 0.375 e. The van der Waals surface area contributed by atoms with Gasteiger partial charge in [0.15, 0.2) is 0 Å². The van der Waals surface area contributed by atoms with Gasteiger partial charge in [0.2, 0.25) is 5.91 Å². The zero-order valence-electron chi connectivity index (χ0n) is 15.5. The number of H-pyrrole nitrogens is 1. The lowest BCUT2D eigenvalue weighted by Gasteiger charge is -2.39. The Morgan fingerprint density at radius 1 is 1.24 bits per heavy atom. The predicted molar refractivity (Wildman–Crippen MR) is 99.2 cm³/mol. The van der Waals surface area contributed by atoms with Gasteiger partial charge in [-0.25, -0.2) is 4.39 Å². The number of aromatic nitrogens is 1. The average Bonchev–Trinajstić information content (AvgIpc) is 2.95. The minimum absolute atomic E-state index is 0.0940. The molecule has 1 aromatic heterocycles. The summed E-state index contributed by atoms with van der Waals surface area (Å²) in [7, 11) is 0. The van der Waals surface area contributed by atoms with Gasteiger partial charge in [0, 0.05) is 36.8 Å². The molecule has 3 rings (SSSR count). The van der Waals surface area contributed by atoms with Crippen molar-refractivity contribution in [3.8, 4) is 0 Å². The summed E-state index contributed by atoms with van der Waals surface area (Å²) in [5.74, 6) is -0.183. The van der Waals surface area contributed by atoms with Crippen LogP contribution in [0.1, 0.15) is 45.6 Å². The Labute approximate surface area is 149 Å². The lowest BCUT2D eigenvalue weighted by molar-refractivity contribution is -0.144. The first kappa shape index (κ1) is 19.4. The SMILES string of the molecule is CCCC.CCCOC1CN(C(=O)Cc2c[nH]c3cc(F)ccc23)C1. The van der Waals surface area contributed by atoms with E-state index in [-0.39, 0.29) is 17.8 Å². The molecule has 0 spiro atoms. The third-order valence-electron chi connectivity index (χ3n) is 4.33. The number of benzene rings is 1. The molecule has 1 N–H and O–H groups in total. The molecular weight excluding hydrogens is 319 g/mol. The van der Waals surface area contributed by atoms with Crippen LogP contribution in [0, 0.1) is 5.82 Å². The highest BCUT2D eigenvalue weighted by Crippen LogP contribution is 2.21.